The normalized spacial score (nSPS) is 10.3. The van der Waals surface area contributed by atoms with Crippen LogP contribution < -0.4 is 11.1 Å². The number of nitrogens with one attached hydrogen (secondary N) is 2. The second kappa shape index (κ2) is 4.74. The summed E-state index contributed by atoms with van der Waals surface area (Å²) in [5, 5.41) is 20.5. The second-order valence-electron chi connectivity index (χ2n) is 3.90. The van der Waals surface area contributed by atoms with Crippen molar-refractivity contribution in [3.8, 4) is 0 Å². The van der Waals surface area contributed by atoms with E-state index in [1.54, 1.807) is 18.3 Å². The van der Waals surface area contributed by atoms with E-state index in [2.05, 4.69) is 15.5 Å². The number of anilines is 2. The SMILES string of the molecule is Cc1[nH]ncc1CNc1ccc([N+](=O)[O-])c(N)c1. The maximum atomic E-state index is 10.6. The molecule has 1 aromatic heterocycles. The van der Waals surface area contributed by atoms with Crippen LogP contribution in [0.5, 0.6) is 0 Å². The summed E-state index contributed by atoms with van der Waals surface area (Å²) < 4.78 is 0. The highest BCUT2D eigenvalue weighted by molar-refractivity contribution is 5.65. The summed E-state index contributed by atoms with van der Waals surface area (Å²) in [6, 6.07) is 4.57. The lowest BCUT2D eigenvalue weighted by molar-refractivity contribution is -0.383. The number of nitrogens with zero attached hydrogens (tertiary/aromatic N) is 2. The van der Waals surface area contributed by atoms with Crippen molar-refractivity contribution in [1.82, 2.24) is 10.2 Å². The Kier molecular flexibility index (Phi) is 3.13. The van der Waals surface area contributed by atoms with E-state index >= 15 is 0 Å². The van der Waals surface area contributed by atoms with Crippen molar-refractivity contribution in [1.29, 1.82) is 0 Å². The highest BCUT2D eigenvalue weighted by Crippen LogP contribution is 2.24. The third kappa shape index (κ3) is 2.40. The summed E-state index contributed by atoms with van der Waals surface area (Å²) in [6.45, 7) is 2.51. The van der Waals surface area contributed by atoms with Gasteiger partial charge in [0, 0.05) is 29.6 Å². The number of H-pyrrole nitrogens is 1. The average Bonchev–Trinajstić information content (AvgIpc) is 2.72. The van der Waals surface area contributed by atoms with Crippen LogP contribution in [0.25, 0.3) is 0 Å². The summed E-state index contributed by atoms with van der Waals surface area (Å²) in [4.78, 5) is 10.1. The zero-order valence-corrected chi connectivity index (χ0v) is 9.80. The van der Waals surface area contributed by atoms with Crippen molar-refractivity contribution < 1.29 is 4.92 Å². The van der Waals surface area contributed by atoms with Gasteiger partial charge in [0.05, 0.1) is 11.1 Å². The number of nitro benzene ring substituents is 1. The van der Waals surface area contributed by atoms with E-state index in [0.29, 0.717) is 6.54 Å². The van der Waals surface area contributed by atoms with Gasteiger partial charge in [-0.05, 0) is 19.1 Å². The molecule has 4 N–H and O–H groups in total. The van der Waals surface area contributed by atoms with Crippen molar-refractivity contribution in [3.05, 3.63) is 45.8 Å². The zero-order chi connectivity index (χ0) is 13.1. The average molecular weight is 247 g/mol. The predicted molar refractivity (Wildman–Crippen MR) is 68.2 cm³/mol. The third-order valence-electron chi connectivity index (χ3n) is 2.64. The van der Waals surface area contributed by atoms with Crippen LogP contribution >= 0.6 is 0 Å². The van der Waals surface area contributed by atoms with Crippen LogP contribution in [0.2, 0.25) is 0 Å². The molecule has 0 saturated carbocycles. The fourth-order valence-electron chi connectivity index (χ4n) is 1.58. The number of aromatic amines is 1. The highest BCUT2D eigenvalue weighted by Gasteiger charge is 2.11. The van der Waals surface area contributed by atoms with Crippen molar-refractivity contribution in [2.75, 3.05) is 11.1 Å². The van der Waals surface area contributed by atoms with Crippen LogP contribution in [-0.2, 0) is 6.54 Å². The van der Waals surface area contributed by atoms with Gasteiger partial charge >= 0.3 is 0 Å². The number of benzene rings is 1. The van der Waals surface area contributed by atoms with E-state index in [-0.39, 0.29) is 11.4 Å². The summed E-state index contributed by atoms with van der Waals surface area (Å²) >= 11 is 0. The second-order valence-corrected chi connectivity index (χ2v) is 3.90. The molecule has 0 amide bonds. The van der Waals surface area contributed by atoms with Crippen LogP contribution in [0.3, 0.4) is 0 Å². The Morgan fingerprint density at radius 3 is 2.89 bits per heavy atom. The number of nitro groups is 1. The number of nitrogens with two attached hydrogens (primary N) is 1. The maximum Gasteiger partial charge on any atom is 0.292 e. The fraction of sp³-hybridized carbons (Fsp3) is 0.182. The van der Waals surface area contributed by atoms with Crippen LogP contribution in [0.4, 0.5) is 17.1 Å². The lowest BCUT2D eigenvalue weighted by atomic mass is 10.2. The molecule has 7 nitrogen and oxygen atoms in total. The lowest BCUT2D eigenvalue weighted by Gasteiger charge is -2.06. The van der Waals surface area contributed by atoms with E-state index in [9.17, 15) is 10.1 Å². The van der Waals surface area contributed by atoms with Crippen LogP contribution in [0.15, 0.2) is 24.4 Å². The van der Waals surface area contributed by atoms with Gasteiger partial charge in [0.2, 0.25) is 0 Å². The minimum Gasteiger partial charge on any atom is -0.393 e. The Morgan fingerprint density at radius 1 is 1.56 bits per heavy atom. The smallest absolute Gasteiger partial charge is 0.292 e. The molecule has 0 aliphatic carbocycles. The van der Waals surface area contributed by atoms with Gasteiger partial charge in [-0.3, -0.25) is 15.2 Å². The maximum absolute atomic E-state index is 10.6. The molecule has 2 aromatic rings. The molecule has 0 radical (unpaired) electrons. The summed E-state index contributed by atoms with van der Waals surface area (Å²) in [6.07, 6.45) is 1.73. The molecule has 0 aliphatic heterocycles. The number of hydrogen-bond donors (Lipinski definition) is 3. The summed E-state index contributed by atoms with van der Waals surface area (Å²) in [5.74, 6) is 0. The van der Waals surface area contributed by atoms with Gasteiger partial charge in [0.25, 0.3) is 5.69 Å². The molecule has 94 valence electrons. The van der Waals surface area contributed by atoms with E-state index in [4.69, 9.17) is 5.73 Å². The molecule has 0 fully saturated rings. The summed E-state index contributed by atoms with van der Waals surface area (Å²) in [7, 11) is 0. The minimum atomic E-state index is -0.501. The standard InChI is InChI=1S/C11H13N5O2/c1-7-8(6-14-15-7)5-13-9-2-3-11(16(17)18)10(12)4-9/h2-4,6,13H,5,12H2,1H3,(H,14,15). The number of aryl methyl sites for hydroxylation is 1. The summed E-state index contributed by atoms with van der Waals surface area (Å²) in [5.41, 5.74) is 8.42. The number of hydrogen-bond acceptors (Lipinski definition) is 5. The Labute approximate surface area is 103 Å². The molecule has 0 bridgehead atoms. The molecule has 0 spiro atoms. The molecule has 1 aromatic carbocycles. The molecule has 7 heteroatoms. The highest BCUT2D eigenvalue weighted by atomic mass is 16.6. The van der Waals surface area contributed by atoms with Gasteiger partial charge in [-0.2, -0.15) is 5.10 Å². The quantitative estimate of drug-likeness (QED) is 0.433. The van der Waals surface area contributed by atoms with Crippen molar-refractivity contribution in [2.45, 2.75) is 13.5 Å². The van der Waals surface area contributed by atoms with E-state index in [0.717, 1.165) is 16.9 Å². The van der Waals surface area contributed by atoms with Crippen LogP contribution in [0.1, 0.15) is 11.3 Å². The molecule has 0 saturated heterocycles. The van der Waals surface area contributed by atoms with Crippen molar-refractivity contribution >= 4 is 17.1 Å². The van der Waals surface area contributed by atoms with Crippen molar-refractivity contribution in [2.24, 2.45) is 0 Å². The van der Waals surface area contributed by atoms with E-state index < -0.39 is 4.92 Å². The zero-order valence-electron chi connectivity index (χ0n) is 9.80. The van der Waals surface area contributed by atoms with Gasteiger partial charge in [0.1, 0.15) is 5.69 Å². The van der Waals surface area contributed by atoms with Gasteiger partial charge < -0.3 is 11.1 Å². The first kappa shape index (κ1) is 11.9. The lowest BCUT2D eigenvalue weighted by Crippen LogP contribution is -2.02. The van der Waals surface area contributed by atoms with Crippen LogP contribution in [0, 0.1) is 17.0 Å². The minimum absolute atomic E-state index is 0.0833. The molecule has 2 rings (SSSR count). The van der Waals surface area contributed by atoms with Gasteiger partial charge in [0.15, 0.2) is 0 Å². The Bertz CT molecular complexity index is 579. The fourth-order valence-corrected chi connectivity index (χ4v) is 1.58. The first-order valence-corrected chi connectivity index (χ1v) is 5.34. The first-order valence-electron chi connectivity index (χ1n) is 5.34. The van der Waals surface area contributed by atoms with Gasteiger partial charge in [-0.1, -0.05) is 0 Å². The predicted octanol–water partition coefficient (Wildman–Crippen LogP) is 1.82. The molecule has 0 unspecified atom stereocenters. The van der Waals surface area contributed by atoms with E-state index in [1.807, 2.05) is 6.92 Å². The molecule has 0 aliphatic rings. The van der Waals surface area contributed by atoms with Crippen LogP contribution in [-0.4, -0.2) is 15.1 Å². The third-order valence-corrected chi connectivity index (χ3v) is 2.64. The molecule has 18 heavy (non-hydrogen) atoms. The molecule has 0 atom stereocenters. The van der Waals surface area contributed by atoms with Crippen molar-refractivity contribution in [3.63, 3.8) is 0 Å². The molecular formula is C11H13N5O2. The Hall–Kier alpha value is -2.57. The largest absolute Gasteiger partial charge is 0.393 e. The first-order chi connectivity index (χ1) is 8.58. The van der Waals surface area contributed by atoms with E-state index in [1.165, 1.54) is 6.07 Å². The number of rotatable bonds is 4. The monoisotopic (exact) mass is 247 g/mol. The van der Waals surface area contributed by atoms with Gasteiger partial charge in [-0.15, -0.1) is 0 Å². The van der Waals surface area contributed by atoms with Gasteiger partial charge in [-0.25, -0.2) is 0 Å². The Balaban J connectivity index is 2.09. The topological polar surface area (TPSA) is 110 Å². The number of nitrogen functional groups attached to an aromatic ring is 1. The molecule has 1 heterocycles. The Morgan fingerprint density at radius 2 is 2.33 bits per heavy atom. The number of aromatic nitrogens is 2. The molecular weight excluding hydrogens is 234 g/mol.